The van der Waals surface area contributed by atoms with E-state index in [1.54, 1.807) is 0 Å². The van der Waals surface area contributed by atoms with Gasteiger partial charge in [-0.3, -0.25) is 0 Å². The minimum atomic E-state index is 0.430. The average Bonchev–Trinajstić information content (AvgIpc) is 3.22. The van der Waals surface area contributed by atoms with Crippen molar-refractivity contribution >= 4 is 0 Å². The summed E-state index contributed by atoms with van der Waals surface area (Å²) in [5, 5.41) is 9.92. The van der Waals surface area contributed by atoms with Crippen molar-refractivity contribution < 1.29 is 5.11 Å². The standard InChI is InChI=1S/C28H48O/c1-18(2)19(3)7-8-20(4)23-11-12-25-22-9-10-24-21(17-29)13-15-28(24,6)26(22)14-16-27(23,25)5/h7-8,18-26,29H,9-17H2,1-6H3/b8-7-/t19-,20-,21-,22+,23-,24+,25+,26+,27-,28+/m1/s1. The van der Waals surface area contributed by atoms with Gasteiger partial charge in [-0.05, 0) is 115 Å². The Labute approximate surface area is 181 Å². The van der Waals surface area contributed by atoms with Gasteiger partial charge in [0.15, 0.2) is 0 Å². The van der Waals surface area contributed by atoms with Crippen LogP contribution in [-0.2, 0) is 0 Å². The van der Waals surface area contributed by atoms with Crippen molar-refractivity contribution in [3.8, 4) is 0 Å². The molecule has 0 aromatic heterocycles. The highest BCUT2D eigenvalue weighted by atomic mass is 16.3. The second kappa shape index (κ2) is 7.99. The Balaban J connectivity index is 1.50. The lowest BCUT2D eigenvalue weighted by molar-refractivity contribution is -0.0956. The summed E-state index contributed by atoms with van der Waals surface area (Å²) in [5.41, 5.74) is 1.08. The van der Waals surface area contributed by atoms with Gasteiger partial charge in [-0.1, -0.05) is 53.7 Å². The van der Waals surface area contributed by atoms with Crippen LogP contribution in [0.15, 0.2) is 12.2 Å². The summed E-state index contributed by atoms with van der Waals surface area (Å²) in [6.45, 7) is 15.3. The van der Waals surface area contributed by atoms with E-state index >= 15 is 0 Å². The summed E-state index contributed by atoms with van der Waals surface area (Å²) < 4.78 is 0. The third kappa shape index (κ3) is 3.46. The van der Waals surface area contributed by atoms with Crippen LogP contribution in [-0.4, -0.2) is 11.7 Å². The molecule has 0 spiro atoms. The summed E-state index contributed by atoms with van der Waals surface area (Å²) in [6.07, 6.45) is 16.4. The molecule has 0 radical (unpaired) electrons. The minimum Gasteiger partial charge on any atom is -0.396 e. The number of hydrogen-bond acceptors (Lipinski definition) is 1. The molecular formula is C28H48O. The van der Waals surface area contributed by atoms with Gasteiger partial charge in [0, 0.05) is 6.61 Å². The number of hydrogen-bond donors (Lipinski definition) is 1. The quantitative estimate of drug-likeness (QED) is 0.478. The second-order valence-corrected chi connectivity index (χ2v) is 12.6. The Hall–Kier alpha value is -0.300. The molecule has 29 heavy (non-hydrogen) atoms. The molecule has 4 aliphatic carbocycles. The first-order chi connectivity index (χ1) is 13.7. The molecule has 4 aliphatic rings. The first-order valence-corrected chi connectivity index (χ1v) is 13.0. The van der Waals surface area contributed by atoms with Gasteiger partial charge >= 0.3 is 0 Å². The van der Waals surface area contributed by atoms with Gasteiger partial charge in [-0.15, -0.1) is 0 Å². The predicted molar refractivity (Wildman–Crippen MR) is 123 cm³/mol. The predicted octanol–water partition coefficient (Wildman–Crippen LogP) is 7.35. The van der Waals surface area contributed by atoms with Crippen LogP contribution in [0.25, 0.3) is 0 Å². The lowest BCUT2D eigenvalue weighted by Gasteiger charge is -2.58. The summed E-state index contributed by atoms with van der Waals surface area (Å²) in [7, 11) is 0. The molecule has 4 saturated carbocycles. The van der Waals surface area contributed by atoms with E-state index in [0.717, 1.165) is 41.4 Å². The molecule has 1 N–H and O–H groups in total. The molecule has 10 atom stereocenters. The van der Waals surface area contributed by atoms with Crippen molar-refractivity contribution in [3.63, 3.8) is 0 Å². The van der Waals surface area contributed by atoms with Crippen LogP contribution in [0, 0.1) is 64.1 Å². The van der Waals surface area contributed by atoms with Crippen LogP contribution in [0.4, 0.5) is 0 Å². The largest absolute Gasteiger partial charge is 0.396 e. The Bertz CT molecular complexity index is 607. The van der Waals surface area contributed by atoms with Gasteiger partial charge in [-0.2, -0.15) is 0 Å². The summed E-state index contributed by atoms with van der Waals surface area (Å²) in [6, 6.07) is 0. The highest BCUT2D eigenvalue weighted by Gasteiger charge is 2.61. The molecule has 1 heteroatoms. The Kier molecular flexibility index (Phi) is 6.04. The van der Waals surface area contributed by atoms with Crippen LogP contribution < -0.4 is 0 Å². The number of aliphatic hydroxyl groups is 1. The molecule has 0 aliphatic heterocycles. The lowest BCUT2D eigenvalue weighted by Crippen LogP contribution is -2.51. The van der Waals surface area contributed by atoms with E-state index in [-0.39, 0.29) is 0 Å². The van der Waals surface area contributed by atoms with Crippen molar-refractivity contribution in [2.45, 2.75) is 92.9 Å². The molecule has 166 valence electrons. The molecule has 0 bridgehead atoms. The maximum atomic E-state index is 9.92. The second-order valence-electron chi connectivity index (χ2n) is 12.6. The Morgan fingerprint density at radius 1 is 0.793 bits per heavy atom. The molecule has 0 unspecified atom stereocenters. The first kappa shape index (κ1) is 21.9. The van der Waals surface area contributed by atoms with Crippen LogP contribution in [0.1, 0.15) is 92.9 Å². The molecule has 0 saturated heterocycles. The van der Waals surface area contributed by atoms with Crippen LogP contribution in [0.3, 0.4) is 0 Å². The highest BCUT2D eigenvalue weighted by Crippen LogP contribution is 2.69. The molecule has 0 aromatic rings. The molecular weight excluding hydrogens is 352 g/mol. The zero-order valence-electron chi connectivity index (χ0n) is 20.2. The third-order valence-corrected chi connectivity index (χ3v) is 11.3. The zero-order chi connectivity index (χ0) is 21.0. The lowest BCUT2D eigenvalue weighted by atomic mass is 9.47. The van der Waals surface area contributed by atoms with Crippen LogP contribution in [0.2, 0.25) is 0 Å². The maximum absolute atomic E-state index is 9.92. The van der Waals surface area contributed by atoms with E-state index < -0.39 is 0 Å². The van der Waals surface area contributed by atoms with Crippen molar-refractivity contribution in [1.29, 1.82) is 0 Å². The normalized spacial score (nSPS) is 49.1. The van der Waals surface area contributed by atoms with Crippen molar-refractivity contribution in [1.82, 2.24) is 0 Å². The van der Waals surface area contributed by atoms with Crippen molar-refractivity contribution in [2.24, 2.45) is 64.1 Å². The topological polar surface area (TPSA) is 20.2 Å². The van der Waals surface area contributed by atoms with Crippen molar-refractivity contribution in [2.75, 3.05) is 6.61 Å². The van der Waals surface area contributed by atoms with Gasteiger partial charge in [0.2, 0.25) is 0 Å². The molecule has 0 heterocycles. The smallest absolute Gasteiger partial charge is 0.0462 e. The van der Waals surface area contributed by atoms with E-state index in [4.69, 9.17) is 0 Å². The summed E-state index contributed by atoms with van der Waals surface area (Å²) >= 11 is 0. The van der Waals surface area contributed by atoms with Gasteiger partial charge < -0.3 is 5.11 Å². The molecule has 1 nitrogen and oxygen atoms in total. The minimum absolute atomic E-state index is 0.430. The number of rotatable bonds is 5. The average molecular weight is 401 g/mol. The van der Waals surface area contributed by atoms with E-state index in [1.807, 2.05) is 0 Å². The number of aliphatic hydroxyl groups excluding tert-OH is 1. The molecule has 4 rings (SSSR count). The zero-order valence-corrected chi connectivity index (χ0v) is 20.2. The fourth-order valence-corrected chi connectivity index (χ4v) is 9.16. The summed E-state index contributed by atoms with van der Waals surface area (Å²) in [5.74, 6) is 7.28. The number of allylic oxidation sites excluding steroid dienone is 2. The van der Waals surface area contributed by atoms with Crippen LogP contribution in [0.5, 0.6) is 0 Å². The highest BCUT2D eigenvalue weighted by molar-refractivity contribution is 5.12. The molecule has 0 aromatic carbocycles. The van der Waals surface area contributed by atoms with Crippen LogP contribution >= 0.6 is 0 Å². The number of fused-ring (bicyclic) bond motifs is 5. The van der Waals surface area contributed by atoms with Crippen molar-refractivity contribution in [3.05, 3.63) is 12.2 Å². The van der Waals surface area contributed by atoms with E-state index in [9.17, 15) is 5.11 Å². The van der Waals surface area contributed by atoms with E-state index in [0.29, 0.717) is 29.3 Å². The van der Waals surface area contributed by atoms with Gasteiger partial charge in [0.1, 0.15) is 0 Å². The first-order valence-electron chi connectivity index (χ1n) is 13.0. The maximum Gasteiger partial charge on any atom is 0.0462 e. The van der Waals surface area contributed by atoms with E-state index in [2.05, 4.69) is 53.7 Å². The SMILES string of the molecule is CC(C)[C@H](C)/C=C\[C@@H](C)[C@H]1CC[C@H]2[C@@H]3CC[C@H]4[C@@H](CO)CC[C@]4(C)[C@H]3CC[C@]12C. The Morgan fingerprint density at radius 3 is 2.14 bits per heavy atom. The third-order valence-electron chi connectivity index (χ3n) is 11.3. The fourth-order valence-electron chi connectivity index (χ4n) is 9.16. The van der Waals surface area contributed by atoms with Gasteiger partial charge in [-0.25, -0.2) is 0 Å². The van der Waals surface area contributed by atoms with E-state index in [1.165, 1.54) is 51.4 Å². The van der Waals surface area contributed by atoms with Gasteiger partial charge in [0.05, 0.1) is 0 Å². The fraction of sp³-hybridized carbons (Fsp3) is 0.929. The molecule has 4 fully saturated rings. The monoisotopic (exact) mass is 400 g/mol. The Morgan fingerprint density at radius 2 is 1.45 bits per heavy atom. The summed E-state index contributed by atoms with van der Waals surface area (Å²) in [4.78, 5) is 0. The van der Waals surface area contributed by atoms with Gasteiger partial charge in [0.25, 0.3) is 0 Å². The molecule has 0 amide bonds.